The molecule has 4 nitrogen and oxygen atoms in total. The minimum atomic E-state index is -1.01. The van der Waals surface area contributed by atoms with Crippen molar-refractivity contribution in [1.82, 2.24) is 0 Å². The Kier molecular flexibility index (Phi) is 3.81. The lowest BCUT2D eigenvalue weighted by Gasteiger charge is -2.11. The number of benzene rings is 3. The van der Waals surface area contributed by atoms with Crippen LogP contribution >= 0.6 is 0 Å². The van der Waals surface area contributed by atoms with Gasteiger partial charge in [0.15, 0.2) is 0 Å². The van der Waals surface area contributed by atoms with Gasteiger partial charge in [0.05, 0.1) is 5.56 Å². The summed E-state index contributed by atoms with van der Waals surface area (Å²) in [5.41, 5.74) is 1.78. The minimum Gasteiger partial charge on any atom is -0.478 e. The number of fused-ring (bicyclic) bond motifs is 1. The smallest absolute Gasteiger partial charge is 0.336 e. The van der Waals surface area contributed by atoms with E-state index >= 15 is 0 Å². The van der Waals surface area contributed by atoms with Gasteiger partial charge in [0, 0.05) is 11.3 Å². The average molecular weight is 305 g/mol. The van der Waals surface area contributed by atoms with E-state index in [0.29, 0.717) is 16.8 Å². The van der Waals surface area contributed by atoms with E-state index < -0.39 is 5.97 Å². The first-order valence-electron chi connectivity index (χ1n) is 7.20. The van der Waals surface area contributed by atoms with E-state index in [1.54, 1.807) is 25.1 Å². The number of carboxylic acids is 1. The van der Waals surface area contributed by atoms with Crippen molar-refractivity contribution in [2.45, 2.75) is 6.92 Å². The van der Waals surface area contributed by atoms with E-state index in [2.05, 4.69) is 5.32 Å². The van der Waals surface area contributed by atoms with E-state index in [1.807, 2.05) is 36.4 Å². The molecule has 0 heterocycles. The van der Waals surface area contributed by atoms with E-state index in [-0.39, 0.29) is 11.5 Å². The van der Waals surface area contributed by atoms with Crippen molar-refractivity contribution in [2.24, 2.45) is 0 Å². The molecule has 0 radical (unpaired) electrons. The van der Waals surface area contributed by atoms with Crippen LogP contribution in [0.1, 0.15) is 26.3 Å². The first-order chi connectivity index (χ1) is 11.1. The second kappa shape index (κ2) is 5.93. The molecule has 3 rings (SSSR count). The summed E-state index contributed by atoms with van der Waals surface area (Å²) in [5, 5.41) is 13.8. The van der Waals surface area contributed by atoms with Gasteiger partial charge in [0.2, 0.25) is 0 Å². The van der Waals surface area contributed by atoms with Crippen molar-refractivity contribution in [3.63, 3.8) is 0 Å². The summed E-state index contributed by atoms with van der Waals surface area (Å²) >= 11 is 0. The molecule has 0 aliphatic heterocycles. The molecule has 23 heavy (non-hydrogen) atoms. The highest BCUT2D eigenvalue weighted by Gasteiger charge is 2.14. The van der Waals surface area contributed by atoms with Crippen LogP contribution in [0.4, 0.5) is 5.69 Å². The number of aromatic carboxylic acids is 1. The van der Waals surface area contributed by atoms with Crippen molar-refractivity contribution in [2.75, 3.05) is 5.32 Å². The summed E-state index contributed by atoms with van der Waals surface area (Å²) in [5.74, 6) is -1.27. The van der Waals surface area contributed by atoms with E-state index in [4.69, 9.17) is 5.11 Å². The number of carbonyl (C=O) groups excluding carboxylic acids is 1. The van der Waals surface area contributed by atoms with Gasteiger partial charge in [0.25, 0.3) is 5.91 Å². The lowest BCUT2D eigenvalue weighted by Crippen LogP contribution is -2.14. The van der Waals surface area contributed by atoms with Gasteiger partial charge in [0.1, 0.15) is 0 Å². The second-order valence-corrected chi connectivity index (χ2v) is 5.26. The molecule has 114 valence electrons. The van der Waals surface area contributed by atoms with Gasteiger partial charge in [-0.05, 0) is 41.5 Å². The zero-order chi connectivity index (χ0) is 16.4. The van der Waals surface area contributed by atoms with Crippen molar-refractivity contribution >= 4 is 28.3 Å². The Morgan fingerprint density at radius 3 is 2.30 bits per heavy atom. The van der Waals surface area contributed by atoms with Crippen LogP contribution in [0.25, 0.3) is 10.8 Å². The highest BCUT2D eigenvalue weighted by molar-refractivity contribution is 6.13. The number of carbonyl (C=O) groups is 2. The lowest BCUT2D eigenvalue weighted by molar-refractivity contribution is 0.0695. The molecule has 0 spiro atoms. The molecule has 2 N–H and O–H groups in total. The Hall–Kier alpha value is -3.14. The molecule has 0 bridgehead atoms. The molecule has 0 fully saturated rings. The third kappa shape index (κ3) is 2.79. The first-order valence-corrected chi connectivity index (χ1v) is 7.20. The maximum absolute atomic E-state index is 12.6. The van der Waals surface area contributed by atoms with Crippen LogP contribution in [-0.4, -0.2) is 17.0 Å². The molecule has 0 atom stereocenters. The zero-order valence-electron chi connectivity index (χ0n) is 12.5. The fraction of sp³-hybridized carbons (Fsp3) is 0.0526. The molecular weight excluding hydrogens is 290 g/mol. The molecule has 3 aromatic carbocycles. The van der Waals surface area contributed by atoms with Crippen LogP contribution in [0.2, 0.25) is 0 Å². The SMILES string of the molecule is Cc1c(NC(=O)c2cccc3ccccc23)cccc1C(=O)O. The van der Waals surface area contributed by atoms with Crippen molar-refractivity contribution in [1.29, 1.82) is 0 Å². The highest BCUT2D eigenvalue weighted by Crippen LogP contribution is 2.23. The third-order valence-electron chi connectivity index (χ3n) is 3.85. The lowest BCUT2D eigenvalue weighted by atomic mass is 10.0. The quantitative estimate of drug-likeness (QED) is 0.765. The maximum Gasteiger partial charge on any atom is 0.336 e. The molecule has 1 amide bonds. The summed E-state index contributed by atoms with van der Waals surface area (Å²) in [6, 6.07) is 18.0. The van der Waals surface area contributed by atoms with Gasteiger partial charge < -0.3 is 10.4 Å². The molecular formula is C19H15NO3. The van der Waals surface area contributed by atoms with Gasteiger partial charge in [-0.25, -0.2) is 4.79 Å². The normalized spacial score (nSPS) is 10.5. The standard InChI is InChI=1S/C19H15NO3/c1-12-14(19(22)23)9-5-11-17(12)20-18(21)16-10-4-7-13-6-2-3-8-15(13)16/h2-11H,1H3,(H,20,21)(H,22,23). The zero-order valence-corrected chi connectivity index (χ0v) is 12.5. The van der Waals surface area contributed by atoms with E-state index in [9.17, 15) is 9.59 Å². The predicted octanol–water partition coefficient (Wildman–Crippen LogP) is 4.10. The first kappa shape index (κ1) is 14.8. The van der Waals surface area contributed by atoms with Crippen LogP contribution in [0.3, 0.4) is 0 Å². The van der Waals surface area contributed by atoms with Crippen LogP contribution in [0.5, 0.6) is 0 Å². The van der Waals surface area contributed by atoms with E-state index in [0.717, 1.165) is 10.8 Å². The average Bonchev–Trinajstić information content (AvgIpc) is 2.56. The Morgan fingerprint density at radius 2 is 1.52 bits per heavy atom. The monoisotopic (exact) mass is 305 g/mol. The summed E-state index contributed by atoms with van der Waals surface area (Å²) < 4.78 is 0. The molecule has 0 saturated heterocycles. The van der Waals surface area contributed by atoms with E-state index in [1.165, 1.54) is 6.07 Å². The summed E-state index contributed by atoms with van der Waals surface area (Å²) in [6.07, 6.45) is 0. The fourth-order valence-corrected chi connectivity index (χ4v) is 2.62. The van der Waals surface area contributed by atoms with Gasteiger partial charge >= 0.3 is 5.97 Å². The minimum absolute atomic E-state index is 0.181. The van der Waals surface area contributed by atoms with Crippen LogP contribution < -0.4 is 5.32 Å². The van der Waals surface area contributed by atoms with Crippen molar-refractivity contribution in [3.8, 4) is 0 Å². The summed E-state index contributed by atoms with van der Waals surface area (Å²) in [7, 11) is 0. The van der Waals surface area contributed by atoms with Crippen molar-refractivity contribution in [3.05, 3.63) is 77.4 Å². The Bertz CT molecular complexity index is 910. The Balaban J connectivity index is 1.99. The predicted molar refractivity (Wildman–Crippen MR) is 90.0 cm³/mol. The number of carboxylic acid groups (broad SMARTS) is 1. The van der Waals surface area contributed by atoms with Gasteiger partial charge in [-0.15, -0.1) is 0 Å². The summed E-state index contributed by atoms with van der Waals surface area (Å²) in [4.78, 5) is 23.8. The molecule has 4 heteroatoms. The second-order valence-electron chi connectivity index (χ2n) is 5.26. The highest BCUT2D eigenvalue weighted by atomic mass is 16.4. The number of hydrogen-bond donors (Lipinski definition) is 2. The number of amides is 1. The topological polar surface area (TPSA) is 66.4 Å². The largest absolute Gasteiger partial charge is 0.478 e. The Labute approximate surface area is 133 Å². The number of nitrogens with one attached hydrogen (secondary N) is 1. The number of rotatable bonds is 3. The fourth-order valence-electron chi connectivity index (χ4n) is 2.62. The van der Waals surface area contributed by atoms with Crippen LogP contribution in [0, 0.1) is 6.92 Å². The van der Waals surface area contributed by atoms with Crippen LogP contribution in [-0.2, 0) is 0 Å². The third-order valence-corrected chi connectivity index (χ3v) is 3.85. The van der Waals surface area contributed by atoms with Gasteiger partial charge in [-0.2, -0.15) is 0 Å². The molecule has 0 aliphatic rings. The number of anilines is 1. The Morgan fingerprint density at radius 1 is 0.870 bits per heavy atom. The van der Waals surface area contributed by atoms with Gasteiger partial charge in [-0.1, -0.05) is 42.5 Å². The molecule has 0 unspecified atom stereocenters. The van der Waals surface area contributed by atoms with Gasteiger partial charge in [-0.3, -0.25) is 4.79 Å². The maximum atomic E-state index is 12.6. The molecule has 0 saturated carbocycles. The van der Waals surface area contributed by atoms with Crippen molar-refractivity contribution < 1.29 is 14.7 Å². The van der Waals surface area contributed by atoms with Crippen LogP contribution in [0.15, 0.2) is 60.7 Å². The molecule has 0 aliphatic carbocycles. The summed E-state index contributed by atoms with van der Waals surface area (Å²) in [6.45, 7) is 1.68. The number of hydrogen-bond acceptors (Lipinski definition) is 2. The molecule has 3 aromatic rings. The molecule has 0 aromatic heterocycles.